The Bertz CT molecular complexity index is 1170. The number of ether oxygens (including phenoxy) is 3. The lowest BCUT2D eigenvalue weighted by molar-refractivity contribution is -0.231. The van der Waals surface area contributed by atoms with Crippen molar-refractivity contribution >= 4 is 22.2 Å². The molecule has 1 saturated heterocycles. The molecule has 1 unspecified atom stereocenters. The lowest BCUT2D eigenvalue weighted by atomic mass is 9.96. The van der Waals surface area contributed by atoms with Gasteiger partial charge in [0.25, 0.3) is 0 Å². The van der Waals surface area contributed by atoms with Crippen LogP contribution in [0.4, 0.5) is 13.2 Å². The van der Waals surface area contributed by atoms with E-state index >= 15 is 0 Å². The largest absolute Gasteiger partial charge is 0.609 e. The predicted octanol–water partition coefficient (Wildman–Crippen LogP) is 4.68. The van der Waals surface area contributed by atoms with E-state index in [-0.39, 0.29) is 28.4 Å². The molecule has 7 nitrogen and oxygen atoms in total. The van der Waals surface area contributed by atoms with E-state index < -0.39 is 29.2 Å². The molecule has 0 spiro atoms. The molecule has 1 aliphatic heterocycles. The summed E-state index contributed by atoms with van der Waals surface area (Å²) in [5.74, 6) is 0.637. The van der Waals surface area contributed by atoms with Crippen LogP contribution in [0.2, 0.25) is 0 Å². The van der Waals surface area contributed by atoms with Crippen molar-refractivity contribution in [2.24, 2.45) is 5.41 Å². The van der Waals surface area contributed by atoms with Crippen molar-refractivity contribution < 1.29 is 31.9 Å². The number of nitrogens with one attached hydrogen (secondary N) is 1. The molecule has 1 aromatic carbocycles. The summed E-state index contributed by atoms with van der Waals surface area (Å²) in [7, 11) is 0. The Kier molecular flexibility index (Phi) is 6.83. The molecule has 1 aliphatic rings. The van der Waals surface area contributed by atoms with Crippen LogP contribution < -0.4 is 4.74 Å². The number of H-pyrrole nitrogens is 1. The minimum Gasteiger partial charge on any atom is -0.609 e. The fourth-order valence-corrected chi connectivity index (χ4v) is 4.66. The first kappa shape index (κ1) is 24.8. The molecule has 2 aromatic heterocycles. The third-order valence-corrected chi connectivity index (χ3v) is 6.66. The number of aromatic nitrogens is 3. The van der Waals surface area contributed by atoms with Crippen molar-refractivity contribution in [3.8, 4) is 5.75 Å². The van der Waals surface area contributed by atoms with E-state index in [4.69, 9.17) is 14.2 Å². The number of aryl methyl sites for hydroxylation is 1. The Labute approximate surface area is 198 Å². The van der Waals surface area contributed by atoms with Crippen molar-refractivity contribution in [3.05, 3.63) is 46.8 Å². The zero-order chi connectivity index (χ0) is 24.7. The topological polar surface area (TPSA) is 92.3 Å². The molecule has 184 valence electrons. The van der Waals surface area contributed by atoms with Gasteiger partial charge in [-0.1, -0.05) is 13.8 Å². The summed E-state index contributed by atoms with van der Waals surface area (Å²) in [5.41, 5.74) is 1.71. The third kappa shape index (κ3) is 5.48. The zero-order valence-electron chi connectivity index (χ0n) is 19.3. The monoisotopic (exact) mass is 497 g/mol. The summed E-state index contributed by atoms with van der Waals surface area (Å²) in [5, 5.41) is 0.0881. The van der Waals surface area contributed by atoms with Crippen molar-refractivity contribution in [2.75, 3.05) is 19.8 Å². The maximum atomic E-state index is 13.0. The van der Waals surface area contributed by atoms with Crippen LogP contribution >= 0.6 is 0 Å². The summed E-state index contributed by atoms with van der Waals surface area (Å²) in [4.78, 5) is 11.3. The van der Waals surface area contributed by atoms with E-state index in [0.717, 1.165) is 23.3 Å². The van der Waals surface area contributed by atoms with E-state index in [2.05, 4.69) is 28.8 Å². The summed E-state index contributed by atoms with van der Waals surface area (Å²) in [6, 6.07) is 3.18. The Balaban J connectivity index is 1.47. The Morgan fingerprint density at radius 2 is 1.94 bits per heavy atom. The second-order valence-corrected chi connectivity index (χ2v) is 10.5. The number of fused-ring (bicyclic) bond motifs is 1. The summed E-state index contributed by atoms with van der Waals surface area (Å²) >= 11 is -1.65. The summed E-state index contributed by atoms with van der Waals surface area (Å²) < 4.78 is 69.3. The normalized spacial score (nSPS) is 17.8. The van der Waals surface area contributed by atoms with Crippen LogP contribution in [0, 0.1) is 19.3 Å². The number of aromatic amines is 1. The fourth-order valence-electron chi connectivity index (χ4n) is 3.56. The van der Waals surface area contributed by atoms with Gasteiger partial charge in [0, 0.05) is 33.9 Å². The molecule has 34 heavy (non-hydrogen) atoms. The maximum absolute atomic E-state index is 13.0. The van der Waals surface area contributed by atoms with E-state index in [1.54, 1.807) is 6.20 Å². The number of imidazole rings is 1. The van der Waals surface area contributed by atoms with Crippen molar-refractivity contribution in [2.45, 2.75) is 51.1 Å². The molecule has 0 radical (unpaired) electrons. The van der Waals surface area contributed by atoms with Gasteiger partial charge in [-0.05, 0) is 32.0 Å². The molecule has 3 aromatic rings. The standard InChI is InChI=1S/C23H26F3N3O4S/c1-13-8-27-18(14(2)20(13)31-9-19-32-11-22(3,4)12-33-19)10-34(30)21-28-16-6-5-15(23(24,25)26)7-17(16)29-21/h5-8,19H,9-12H2,1-4H3,(H,28,29). The number of pyridine rings is 1. The van der Waals surface area contributed by atoms with Gasteiger partial charge in [0.05, 0.1) is 35.5 Å². The SMILES string of the molecule is Cc1cnc(C[S+]([O-])c2nc3cc(C(F)(F)F)ccc3[nH]2)c(C)c1OCC1OCC(C)(C)CO1. The van der Waals surface area contributed by atoms with Crippen LogP contribution in [-0.2, 0) is 32.6 Å². The highest BCUT2D eigenvalue weighted by molar-refractivity contribution is 7.90. The highest BCUT2D eigenvalue weighted by Gasteiger charge is 2.32. The molecule has 11 heteroatoms. The first-order valence-electron chi connectivity index (χ1n) is 10.7. The minimum absolute atomic E-state index is 0.0268. The fraction of sp³-hybridized carbons (Fsp3) is 0.478. The van der Waals surface area contributed by atoms with E-state index in [0.29, 0.717) is 30.2 Å². The molecule has 0 aliphatic carbocycles. The molecule has 1 fully saturated rings. The van der Waals surface area contributed by atoms with Crippen LogP contribution in [0.1, 0.15) is 36.2 Å². The molecule has 0 amide bonds. The van der Waals surface area contributed by atoms with Gasteiger partial charge in [0.1, 0.15) is 12.4 Å². The summed E-state index contributed by atoms with van der Waals surface area (Å²) in [6.45, 7) is 9.15. The van der Waals surface area contributed by atoms with Crippen LogP contribution in [0.15, 0.2) is 29.6 Å². The number of nitrogens with zero attached hydrogens (tertiary/aromatic N) is 2. The molecule has 3 heterocycles. The maximum Gasteiger partial charge on any atom is 0.416 e. The third-order valence-electron chi connectivity index (χ3n) is 5.50. The number of hydrogen-bond donors (Lipinski definition) is 1. The number of rotatable bonds is 6. The van der Waals surface area contributed by atoms with Crippen molar-refractivity contribution in [1.82, 2.24) is 15.0 Å². The van der Waals surface area contributed by atoms with Crippen molar-refractivity contribution in [1.29, 1.82) is 0 Å². The smallest absolute Gasteiger partial charge is 0.416 e. The molecule has 4 rings (SSSR count). The average molecular weight is 498 g/mol. The quantitative estimate of drug-likeness (QED) is 0.497. The molecular formula is C23H26F3N3O4S. The van der Waals surface area contributed by atoms with Gasteiger partial charge in [-0.15, -0.1) is 0 Å². The second kappa shape index (κ2) is 9.37. The number of alkyl halides is 3. The van der Waals surface area contributed by atoms with Gasteiger partial charge in [0.2, 0.25) is 0 Å². The Morgan fingerprint density at radius 1 is 1.24 bits per heavy atom. The number of halogens is 3. The van der Waals surface area contributed by atoms with Gasteiger partial charge in [-0.3, -0.25) is 9.97 Å². The molecule has 0 bridgehead atoms. The van der Waals surface area contributed by atoms with Gasteiger partial charge in [-0.2, -0.15) is 18.2 Å². The molecule has 0 saturated carbocycles. The number of hydrogen-bond acceptors (Lipinski definition) is 6. The van der Waals surface area contributed by atoms with E-state index in [1.807, 2.05) is 13.8 Å². The molecule has 1 N–H and O–H groups in total. The first-order chi connectivity index (χ1) is 15.9. The number of benzene rings is 1. The minimum atomic E-state index is -4.48. The predicted molar refractivity (Wildman–Crippen MR) is 120 cm³/mol. The van der Waals surface area contributed by atoms with Gasteiger partial charge < -0.3 is 18.8 Å². The molecular weight excluding hydrogens is 471 g/mol. The summed E-state index contributed by atoms with van der Waals surface area (Å²) in [6.07, 6.45) is -3.32. The average Bonchev–Trinajstić information content (AvgIpc) is 3.19. The zero-order valence-corrected chi connectivity index (χ0v) is 20.1. The highest BCUT2D eigenvalue weighted by atomic mass is 32.2. The lowest BCUT2D eigenvalue weighted by Gasteiger charge is -2.34. The van der Waals surface area contributed by atoms with Gasteiger partial charge in [0.15, 0.2) is 12.0 Å². The Morgan fingerprint density at radius 3 is 2.62 bits per heavy atom. The van der Waals surface area contributed by atoms with E-state index in [9.17, 15) is 17.7 Å². The van der Waals surface area contributed by atoms with Crippen LogP contribution in [0.3, 0.4) is 0 Å². The van der Waals surface area contributed by atoms with E-state index in [1.165, 1.54) is 6.07 Å². The van der Waals surface area contributed by atoms with Gasteiger partial charge >= 0.3 is 11.3 Å². The van der Waals surface area contributed by atoms with Crippen LogP contribution in [-0.4, -0.2) is 45.6 Å². The van der Waals surface area contributed by atoms with Crippen LogP contribution in [0.5, 0.6) is 5.75 Å². The van der Waals surface area contributed by atoms with Crippen molar-refractivity contribution in [3.63, 3.8) is 0 Å². The van der Waals surface area contributed by atoms with Gasteiger partial charge in [-0.25, -0.2) is 0 Å². The lowest BCUT2D eigenvalue weighted by Crippen LogP contribution is -2.40. The highest BCUT2D eigenvalue weighted by Crippen LogP contribution is 2.32. The molecule has 1 atom stereocenters. The Hall–Kier alpha value is -2.34. The van der Waals surface area contributed by atoms with Crippen LogP contribution in [0.25, 0.3) is 11.0 Å². The first-order valence-corrected chi connectivity index (χ1v) is 12.0. The second-order valence-electron chi connectivity index (χ2n) is 9.13.